The molecule has 0 bridgehead atoms. The van der Waals surface area contributed by atoms with Gasteiger partial charge in [0.25, 0.3) is 0 Å². The molecule has 1 rings (SSSR count). The fourth-order valence-electron chi connectivity index (χ4n) is 2.63. The van der Waals surface area contributed by atoms with Crippen LogP contribution in [0.25, 0.3) is 0 Å². The van der Waals surface area contributed by atoms with E-state index in [1.807, 2.05) is 0 Å². The summed E-state index contributed by atoms with van der Waals surface area (Å²) in [5.74, 6) is 0. The fraction of sp³-hybridized carbons (Fsp3) is 1.00. The zero-order chi connectivity index (χ0) is 11.6. The minimum atomic E-state index is 0.825. The minimum Gasteiger partial charge on any atom is -0.315 e. The van der Waals surface area contributed by atoms with Crippen molar-refractivity contribution in [2.75, 3.05) is 26.2 Å². The van der Waals surface area contributed by atoms with Gasteiger partial charge in [0.05, 0.1) is 0 Å². The van der Waals surface area contributed by atoms with Crippen molar-refractivity contribution < 1.29 is 0 Å². The molecule has 1 atom stereocenters. The summed E-state index contributed by atoms with van der Waals surface area (Å²) in [4.78, 5) is 2.71. The van der Waals surface area contributed by atoms with E-state index in [0.29, 0.717) is 0 Å². The Labute approximate surface area is 102 Å². The summed E-state index contributed by atoms with van der Waals surface area (Å²) < 4.78 is 0. The summed E-state index contributed by atoms with van der Waals surface area (Å²) in [5.41, 5.74) is 0. The Morgan fingerprint density at radius 1 is 1.00 bits per heavy atom. The molecule has 0 aromatic carbocycles. The predicted octanol–water partition coefficient (Wildman–Crippen LogP) is 3.03. The van der Waals surface area contributed by atoms with E-state index in [9.17, 15) is 0 Å². The molecule has 16 heavy (non-hydrogen) atoms. The molecule has 1 fully saturated rings. The van der Waals surface area contributed by atoms with E-state index in [2.05, 4.69) is 24.1 Å². The van der Waals surface area contributed by atoms with Crippen LogP contribution in [0, 0.1) is 0 Å². The molecule has 1 unspecified atom stereocenters. The SMILES string of the molecule is CCCCCCCN(CCC)C1CCNC1. The van der Waals surface area contributed by atoms with Crippen molar-refractivity contribution in [3.63, 3.8) is 0 Å². The Morgan fingerprint density at radius 2 is 1.81 bits per heavy atom. The molecule has 2 heteroatoms. The van der Waals surface area contributed by atoms with Gasteiger partial charge in [0.15, 0.2) is 0 Å². The Kier molecular flexibility index (Phi) is 7.87. The maximum Gasteiger partial charge on any atom is 0.0232 e. The van der Waals surface area contributed by atoms with Gasteiger partial charge in [-0.3, -0.25) is 4.90 Å². The van der Waals surface area contributed by atoms with Crippen LogP contribution < -0.4 is 5.32 Å². The van der Waals surface area contributed by atoms with Crippen LogP contribution in [0.5, 0.6) is 0 Å². The van der Waals surface area contributed by atoms with Crippen LogP contribution in [0.2, 0.25) is 0 Å². The zero-order valence-electron chi connectivity index (χ0n) is 11.3. The molecule has 1 N–H and O–H groups in total. The van der Waals surface area contributed by atoms with Gasteiger partial charge in [-0.2, -0.15) is 0 Å². The van der Waals surface area contributed by atoms with Gasteiger partial charge in [-0.15, -0.1) is 0 Å². The first-order valence-corrected chi connectivity index (χ1v) is 7.33. The number of unbranched alkanes of at least 4 members (excludes halogenated alkanes) is 4. The molecule has 0 aromatic rings. The molecular formula is C14H30N2. The first kappa shape index (κ1) is 14.0. The van der Waals surface area contributed by atoms with Crippen LogP contribution >= 0.6 is 0 Å². The molecule has 1 heterocycles. The third-order valence-corrected chi connectivity index (χ3v) is 3.61. The van der Waals surface area contributed by atoms with E-state index in [0.717, 1.165) is 6.04 Å². The standard InChI is InChI=1S/C14H30N2/c1-3-5-6-7-8-12-16(11-4-2)14-9-10-15-13-14/h14-15H,3-13H2,1-2H3. The number of nitrogens with zero attached hydrogens (tertiary/aromatic N) is 1. The number of nitrogens with one attached hydrogen (secondary N) is 1. The maximum absolute atomic E-state index is 3.48. The van der Waals surface area contributed by atoms with E-state index in [1.165, 1.54) is 71.1 Å². The summed E-state index contributed by atoms with van der Waals surface area (Å²) in [5, 5.41) is 3.48. The fourth-order valence-corrected chi connectivity index (χ4v) is 2.63. The Morgan fingerprint density at radius 3 is 2.44 bits per heavy atom. The normalized spacial score (nSPS) is 20.8. The first-order valence-electron chi connectivity index (χ1n) is 7.33. The zero-order valence-corrected chi connectivity index (χ0v) is 11.3. The van der Waals surface area contributed by atoms with Crippen LogP contribution in [0.1, 0.15) is 58.8 Å². The minimum absolute atomic E-state index is 0.825. The second kappa shape index (κ2) is 9.00. The summed E-state index contributed by atoms with van der Waals surface area (Å²) in [7, 11) is 0. The van der Waals surface area contributed by atoms with Crippen molar-refractivity contribution in [3.8, 4) is 0 Å². The van der Waals surface area contributed by atoms with E-state index in [4.69, 9.17) is 0 Å². The lowest BCUT2D eigenvalue weighted by atomic mass is 10.1. The van der Waals surface area contributed by atoms with Gasteiger partial charge in [0, 0.05) is 12.6 Å². The average molecular weight is 226 g/mol. The van der Waals surface area contributed by atoms with Crippen molar-refractivity contribution in [1.29, 1.82) is 0 Å². The van der Waals surface area contributed by atoms with E-state index in [-0.39, 0.29) is 0 Å². The number of rotatable bonds is 9. The molecule has 0 radical (unpaired) electrons. The van der Waals surface area contributed by atoms with Crippen molar-refractivity contribution in [3.05, 3.63) is 0 Å². The molecule has 96 valence electrons. The highest BCUT2D eigenvalue weighted by atomic mass is 15.2. The van der Waals surface area contributed by atoms with Gasteiger partial charge in [-0.1, -0.05) is 39.5 Å². The quantitative estimate of drug-likeness (QED) is 0.608. The van der Waals surface area contributed by atoms with Crippen LogP contribution in [-0.4, -0.2) is 37.1 Å². The van der Waals surface area contributed by atoms with Gasteiger partial charge in [-0.05, 0) is 38.9 Å². The molecule has 0 aliphatic carbocycles. The van der Waals surface area contributed by atoms with Crippen molar-refractivity contribution in [1.82, 2.24) is 10.2 Å². The lowest BCUT2D eigenvalue weighted by molar-refractivity contribution is 0.204. The highest BCUT2D eigenvalue weighted by molar-refractivity contribution is 4.80. The van der Waals surface area contributed by atoms with Crippen molar-refractivity contribution in [2.45, 2.75) is 64.8 Å². The monoisotopic (exact) mass is 226 g/mol. The van der Waals surface area contributed by atoms with Crippen LogP contribution in [0.4, 0.5) is 0 Å². The highest BCUT2D eigenvalue weighted by Gasteiger charge is 2.20. The average Bonchev–Trinajstić information content (AvgIpc) is 2.81. The Bertz CT molecular complexity index is 153. The molecule has 0 amide bonds. The van der Waals surface area contributed by atoms with E-state index < -0.39 is 0 Å². The van der Waals surface area contributed by atoms with E-state index in [1.54, 1.807) is 0 Å². The summed E-state index contributed by atoms with van der Waals surface area (Å²) in [6, 6.07) is 0.825. The van der Waals surface area contributed by atoms with Crippen LogP contribution in [-0.2, 0) is 0 Å². The van der Waals surface area contributed by atoms with Gasteiger partial charge >= 0.3 is 0 Å². The second-order valence-corrected chi connectivity index (χ2v) is 5.10. The Balaban J connectivity index is 2.12. The van der Waals surface area contributed by atoms with Gasteiger partial charge in [0.2, 0.25) is 0 Å². The molecule has 1 aliphatic rings. The lowest BCUT2D eigenvalue weighted by Crippen LogP contribution is -2.38. The van der Waals surface area contributed by atoms with Gasteiger partial charge < -0.3 is 5.32 Å². The predicted molar refractivity (Wildman–Crippen MR) is 71.9 cm³/mol. The maximum atomic E-state index is 3.48. The third-order valence-electron chi connectivity index (χ3n) is 3.61. The smallest absolute Gasteiger partial charge is 0.0232 e. The van der Waals surface area contributed by atoms with Crippen molar-refractivity contribution in [2.24, 2.45) is 0 Å². The molecular weight excluding hydrogens is 196 g/mol. The Hall–Kier alpha value is -0.0800. The second-order valence-electron chi connectivity index (χ2n) is 5.10. The summed E-state index contributed by atoms with van der Waals surface area (Å²) in [6.45, 7) is 9.64. The topological polar surface area (TPSA) is 15.3 Å². The summed E-state index contributed by atoms with van der Waals surface area (Å²) in [6.07, 6.45) is 9.68. The van der Waals surface area contributed by atoms with E-state index >= 15 is 0 Å². The van der Waals surface area contributed by atoms with Gasteiger partial charge in [-0.25, -0.2) is 0 Å². The van der Waals surface area contributed by atoms with Crippen LogP contribution in [0.3, 0.4) is 0 Å². The van der Waals surface area contributed by atoms with Crippen LogP contribution in [0.15, 0.2) is 0 Å². The molecule has 1 aliphatic heterocycles. The lowest BCUT2D eigenvalue weighted by Gasteiger charge is -2.27. The number of hydrogen-bond acceptors (Lipinski definition) is 2. The van der Waals surface area contributed by atoms with Crippen molar-refractivity contribution >= 4 is 0 Å². The molecule has 1 saturated heterocycles. The first-order chi connectivity index (χ1) is 7.88. The molecule has 0 spiro atoms. The molecule has 0 saturated carbocycles. The highest BCUT2D eigenvalue weighted by Crippen LogP contribution is 2.11. The third kappa shape index (κ3) is 5.31. The largest absolute Gasteiger partial charge is 0.315 e. The molecule has 2 nitrogen and oxygen atoms in total. The molecule has 0 aromatic heterocycles. The number of hydrogen-bond donors (Lipinski definition) is 1. The summed E-state index contributed by atoms with van der Waals surface area (Å²) >= 11 is 0. The van der Waals surface area contributed by atoms with Gasteiger partial charge in [0.1, 0.15) is 0 Å².